The number of nitrogens with one attached hydrogen (secondary N) is 10. The molecule has 140 heavy (non-hydrogen) atoms. The maximum absolute atomic E-state index is 15.3. The number of nitrogens with zero attached hydrogens (tertiary/aromatic N) is 5. The molecule has 2 unspecified atom stereocenters. The fourth-order valence-corrected chi connectivity index (χ4v) is 14.2. The van der Waals surface area contributed by atoms with Crippen molar-refractivity contribution in [2.45, 2.75) is 138 Å². The number of aromatic hydroxyl groups is 1. The number of urea groups is 1. The Hall–Kier alpha value is -16.5. The van der Waals surface area contributed by atoms with Crippen molar-refractivity contribution in [3.63, 3.8) is 0 Å². The lowest BCUT2D eigenvalue weighted by Gasteiger charge is -2.35. The molecule has 5 aromatic carbocycles. The molecule has 0 aliphatic carbocycles. The number of carboxylic acids is 13. The summed E-state index contributed by atoms with van der Waals surface area (Å²) in [7, 11) is 0. The van der Waals surface area contributed by atoms with Crippen molar-refractivity contribution in [3.05, 3.63) is 148 Å². The molecule has 11 amide bonds. The number of benzene rings is 5. The Bertz CT molecular complexity index is 5400. The van der Waals surface area contributed by atoms with Crippen LogP contribution in [0, 0.1) is 0 Å². The summed E-state index contributed by atoms with van der Waals surface area (Å²) in [6.45, 7) is -4.51. The molecule has 0 spiro atoms. The highest BCUT2D eigenvalue weighted by atomic mass is 16.4. The fraction of sp³-hybridized carbons (Fsp3) is 0.409. The average molecular weight is 1960 g/mol. The Labute approximate surface area is 792 Å². The standard InChI is InChI=1S/C88H105N15O37/c104-56-14-11-46(12-15-56)33-61(97-78(121)64(42-91-73(116)50-35-52(79(122)123)39-53(36-50)80(124)125)93-67(106)20-18-65(87(138)139)103-30-28-101(44-71(112)113)26-24-100(43-70(110)111)25-27-102(29-31-103)45-72(114)115)77(120)96-62(34-47-10-13-48-6-1-2-7-49(48)32-47)76(119)94-58(84(132)133)8-3-4-22-90-75(118)63(95-74(117)51-37-54(81(126)127)40-55(38-51)82(128)129)41-68(107)89-23-5-9-57(83(130)131)92-66(105)19-16-59(85(134)135)98-88(140)99-60(86(136)137)17-21-69(108)109/h1-2,6-7,10-15,32,35-40,58-65,104H,3-5,8-9,16-31,33-34,41-45H2,(H,89,107)(H,90,118)(H,91,116)(H,93,106)(H,94,119)(H,95,117)(H,96,120)(H,97,121)(H,108,109)(H,110,111)(H,112,113)(H,114,115)(H,122,123)(H,124,125)(H,126,127)(H,128,129)(H,130,131)(H,132,133)(H,134,135)(H,136,137)(H,138,139)(H2,98,99,140)/t58-,59+,60+,61-,62-,63-,64?,65?/m1/s1. The number of phenols is 1. The molecule has 5 aromatic rings. The van der Waals surface area contributed by atoms with E-state index < -0.39 is 334 Å². The molecule has 0 saturated carbocycles. The molecule has 0 bridgehead atoms. The number of hydrogen-bond donors (Lipinski definition) is 24. The number of amides is 11. The highest BCUT2D eigenvalue weighted by Crippen LogP contribution is 2.21. The van der Waals surface area contributed by atoms with Gasteiger partial charge in [-0.1, -0.05) is 54.6 Å². The van der Waals surface area contributed by atoms with Crippen molar-refractivity contribution in [1.82, 2.24) is 72.8 Å². The Morgan fingerprint density at radius 2 is 0.771 bits per heavy atom. The third-order valence-corrected chi connectivity index (χ3v) is 21.5. The summed E-state index contributed by atoms with van der Waals surface area (Å²) in [6.07, 6.45) is -7.94. The van der Waals surface area contributed by atoms with E-state index in [1.807, 2.05) is 10.6 Å². The number of aliphatic imine (C=N–C) groups is 1. The van der Waals surface area contributed by atoms with Crippen molar-refractivity contribution in [2.75, 3.05) is 91.6 Å². The predicted molar refractivity (Wildman–Crippen MR) is 478 cm³/mol. The smallest absolute Gasteiger partial charge is 0.350 e. The Balaban J connectivity index is 1.24. The van der Waals surface area contributed by atoms with Gasteiger partial charge in [0, 0.05) is 115 Å². The molecule has 1 saturated heterocycles. The number of fused-ring (bicyclic) bond motifs is 1. The van der Waals surface area contributed by atoms with Crippen molar-refractivity contribution in [3.8, 4) is 5.75 Å². The van der Waals surface area contributed by atoms with E-state index in [4.69, 9.17) is 5.11 Å². The van der Waals surface area contributed by atoms with Gasteiger partial charge in [0.25, 0.3) is 11.8 Å². The average Bonchev–Trinajstić information content (AvgIpc) is 0.833. The van der Waals surface area contributed by atoms with Gasteiger partial charge < -0.3 is 125 Å². The van der Waals surface area contributed by atoms with E-state index in [1.165, 1.54) is 43.9 Å². The van der Waals surface area contributed by atoms with E-state index in [0.29, 0.717) is 22.4 Å². The first kappa shape index (κ1) is 112. The van der Waals surface area contributed by atoms with Crippen LogP contribution in [-0.4, -0.2) is 374 Å². The highest BCUT2D eigenvalue weighted by molar-refractivity contribution is 6.37. The molecule has 0 aromatic heterocycles. The topological polar surface area (TPSA) is 821 Å². The zero-order valence-electron chi connectivity index (χ0n) is 74.6. The van der Waals surface area contributed by atoms with Gasteiger partial charge in [-0.25, -0.2) is 48.1 Å². The number of rotatable bonds is 55. The number of carbonyl (C=O) groups excluding carboxylic acids is 10. The summed E-state index contributed by atoms with van der Waals surface area (Å²) < 4.78 is 0. The van der Waals surface area contributed by atoms with Crippen LogP contribution in [0.3, 0.4) is 0 Å². The van der Waals surface area contributed by atoms with Gasteiger partial charge in [-0.2, -0.15) is 0 Å². The minimum atomic E-state index is -2.06. The third kappa shape index (κ3) is 39.1. The van der Waals surface area contributed by atoms with E-state index in [-0.39, 0.29) is 82.9 Å². The molecule has 1 heterocycles. The molecule has 1 aliphatic rings. The summed E-state index contributed by atoms with van der Waals surface area (Å²) in [6, 6.07) is 5.01. The third-order valence-electron chi connectivity index (χ3n) is 21.5. The Kier molecular flexibility index (Phi) is 44.5. The summed E-state index contributed by atoms with van der Waals surface area (Å²) in [5.74, 6) is -31.5. The number of hydrogen-bond acceptors (Lipinski definition) is 28. The molecule has 1 fully saturated rings. The summed E-state index contributed by atoms with van der Waals surface area (Å²) >= 11 is 0. The van der Waals surface area contributed by atoms with E-state index >= 15 is 9.59 Å². The lowest BCUT2D eigenvalue weighted by molar-refractivity contribution is -0.145. The lowest BCUT2D eigenvalue weighted by atomic mass is 9.99. The van der Waals surface area contributed by atoms with Crippen molar-refractivity contribution in [1.29, 1.82) is 0 Å². The summed E-state index contributed by atoms with van der Waals surface area (Å²) in [5.41, 5.74) is -4.31. The quantitative estimate of drug-likeness (QED) is 0.0142. The Morgan fingerprint density at radius 3 is 1.24 bits per heavy atom. The molecule has 754 valence electrons. The maximum atomic E-state index is 15.3. The predicted octanol–water partition coefficient (Wildman–Crippen LogP) is -2.44. The van der Waals surface area contributed by atoms with Crippen LogP contribution in [0.4, 0.5) is 4.79 Å². The summed E-state index contributed by atoms with van der Waals surface area (Å²) in [5, 5.41) is 162. The number of unbranched alkanes of at least 4 members (excludes halogenated alkanes) is 1. The van der Waals surface area contributed by atoms with Crippen LogP contribution < -0.4 is 53.2 Å². The minimum Gasteiger partial charge on any atom is -0.508 e. The molecule has 1 aliphatic heterocycles. The monoisotopic (exact) mass is 1960 g/mol. The largest absolute Gasteiger partial charge is 0.508 e. The Morgan fingerprint density at radius 1 is 0.336 bits per heavy atom. The van der Waals surface area contributed by atoms with Gasteiger partial charge in [-0.3, -0.25) is 86.7 Å². The van der Waals surface area contributed by atoms with Gasteiger partial charge in [-0.15, -0.1) is 0 Å². The molecule has 8 atom stereocenters. The highest BCUT2D eigenvalue weighted by Gasteiger charge is 2.37. The zero-order valence-corrected chi connectivity index (χ0v) is 74.6. The molecular formula is C88H105N15O37. The second-order valence-corrected chi connectivity index (χ2v) is 32.0. The van der Waals surface area contributed by atoms with Crippen LogP contribution in [0.1, 0.15) is 150 Å². The first-order chi connectivity index (χ1) is 66.1. The fourth-order valence-electron chi connectivity index (χ4n) is 14.2. The van der Waals surface area contributed by atoms with Gasteiger partial charge >= 0.3 is 83.6 Å². The van der Waals surface area contributed by atoms with E-state index in [9.17, 15) is 167 Å². The summed E-state index contributed by atoms with van der Waals surface area (Å²) in [4.78, 5) is 307. The second kappa shape index (κ2) is 55.5. The number of carboxylic acid groups (broad SMARTS) is 13. The van der Waals surface area contributed by atoms with Crippen LogP contribution in [0.25, 0.3) is 10.8 Å². The minimum absolute atomic E-state index is 0.0199. The van der Waals surface area contributed by atoms with Gasteiger partial charge in [0.15, 0.2) is 0 Å². The van der Waals surface area contributed by atoms with E-state index in [2.05, 4.69) is 47.5 Å². The number of phenolic OH excluding ortho intramolecular Hbond substituents is 1. The number of aromatic carboxylic acids is 4. The van der Waals surface area contributed by atoms with E-state index in [0.717, 1.165) is 30.3 Å². The van der Waals surface area contributed by atoms with Crippen molar-refractivity contribution in [2.24, 2.45) is 4.99 Å². The van der Waals surface area contributed by atoms with Crippen LogP contribution in [0.5, 0.6) is 5.75 Å². The number of carbonyl (C=O) groups is 23. The first-order valence-corrected chi connectivity index (χ1v) is 43.1. The van der Waals surface area contributed by atoms with E-state index in [1.54, 1.807) is 42.5 Å². The van der Waals surface area contributed by atoms with Crippen LogP contribution >= 0.6 is 0 Å². The first-order valence-electron chi connectivity index (χ1n) is 43.1. The van der Waals surface area contributed by atoms with Crippen molar-refractivity contribution < 1.29 is 182 Å². The molecule has 24 N–H and O–H groups in total. The molecule has 52 heteroatoms. The molecule has 52 nitrogen and oxygen atoms in total. The van der Waals surface area contributed by atoms with Crippen LogP contribution in [0.15, 0.2) is 108 Å². The van der Waals surface area contributed by atoms with Crippen LogP contribution in [0.2, 0.25) is 0 Å². The lowest BCUT2D eigenvalue weighted by Crippen LogP contribution is -2.60. The SMILES string of the molecule is O=C(O)CC[C@H](NC(=O)N[C@@H](CCC(=O)N=C(CCCNC(=O)C[C@@H](NC(=O)c1cc(C(=O)O)cc(C(=O)O)c1)C(=O)NCCCC[C@@H](NC(=O)[C@@H](Cc1ccc2ccccc2c1)NC(=O)[C@@H](Cc1ccc(O)cc1)NC(=O)C(CNC(=O)c1cc(C(=O)O)cc(C(=O)O)c1)NC(=O)CCC(C(=O)O)N1CCN(CC(=O)O)CCN(CC(=O)O)CCN(CC(=O)O)CC1)C(=O)O)C(=O)O)C(=O)O)C(=O)O. The van der Waals surface area contributed by atoms with Gasteiger partial charge in [-0.05, 0) is 122 Å². The van der Waals surface area contributed by atoms with Crippen molar-refractivity contribution >= 4 is 153 Å². The molecule has 0 radical (unpaired) electrons. The molecule has 6 rings (SSSR count). The zero-order chi connectivity index (χ0) is 104. The van der Waals surface area contributed by atoms with Crippen LogP contribution in [-0.2, 0) is 89.6 Å². The maximum Gasteiger partial charge on any atom is 0.350 e. The normalized spacial score (nSPS) is 14.5. The number of aliphatic carboxylic acids is 9. The molecular weight excluding hydrogens is 1860 g/mol. The second-order valence-electron chi connectivity index (χ2n) is 32.0. The van der Waals surface area contributed by atoms with Gasteiger partial charge in [0.1, 0.15) is 59.8 Å². The van der Waals surface area contributed by atoms with Gasteiger partial charge in [0.2, 0.25) is 41.4 Å². The van der Waals surface area contributed by atoms with Gasteiger partial charge in [0.05, 0.1) is 48.3 Å².